The maximum Gasteiger partial charge on any atom is 0.335 e. The molecule has 0 saturated carbocycles. The van der Waals surface area contributed by atoms with Crippen LogP contribution in [0, 0.1) is 13.8 Å². The molecular formula is C33H27BrN2O5S. The van der Waals surface area contributed by atoms with Crippen molar-refractivity contribution in [2.45, 2.75) is 20.5 Å². The molecule has 7 nitrogen and oxygen atoms in total. The molecule has 0 aromatic heterocycles. The number of ether oxygens (including phenoxy) is 2. The van der Waals surface area contributed by atoms with Gasteiger partial charge in [-0.15, -0.1) is 0 Å². The number of rotatable bonds is 8. The fourth-order valence-corrected chi connectivity index (χ4v) is 5.79. The predicted molar refractivity (Wildman–Crippen MR) is 171 cm³/mol. The molecule has 0 atom stereocenters. The second-order valence-corrected chi connectivity index (χ2v) is 11.5. The molecule has 4 aromatic rings. The molecule has 1 saturated heterocycles. The smallest absolute Gasteiger partial charge is 0.335 e. The Morgan fingerprint density at radius 3 is 2.24 bits per heavy atom. The van der Waals surface area contributed by atoms with Gasteiger partial charge in [0.2, 0.25) is 0 Å². The van der Waals surface area contributed by atoms with Crippen LogP contribution in [0.25, 0.3) is 6.08 Å². The summed E-state index contributed by atoms with van der Waals surface area (Å²) in [5.74, 6) is -0.172. The third-order valence-corrected chi connectivity index (χ3v) is 8.05. The lowest BCUT2D eigenvalue weighted by molar-refractivity contribution is -0.113. The zero-order chi connectivity index (χ0) is 29.8. The maximum atomic E-state index is 13.7. The summed E-state index contributed by atoms with van der Waals surface area (Å²) in [6.07, 6.45) is 1.81. The number of benzene rings is 4. The van der Waals surface area contributed by atoms with Crippen molar-refractivity contribution < 1.29 is 24.2 Å². The normalized spacial score (nSPS) is 15.0. The summed E-state index contributed by atoms with van der Waals surface area (Å²) < 4.78 is 12.3. The highest BCUT2D eigenvalue weighted by atomic mass is 79.9. The third-order valence-electron chi connectivity index (χ3n) is 6.49. The van der Waals surface area contributed by atoms with Crippen molar-refractivity contribution in [1.29, 1.82) is 0 Å². The number of hydrogen-bond donors (Lipinski definition) is 1. The Bertz CT molecular complexity index is 1700. The molecule has 1 aliphatic rings. The van der Waals surface area contributed by atoms with Crippen LogP contribution >= 0.6 is 27.7 Å². The van der Waals surface area contributed by atoms with Gasteiger partial charge in [-0.1, -0.05) is 47.5 Å². The zero-order valence-electron chi connectivity index (χ0n) is 23.1. The van der Waals surface area contributed by atoms with Crippen molar-refractivity contribution in [2.24, 2.45) is 4.99 Å². The highest BCUT2D eigenvalue weighted by molar-refractivity contribution is 9.10. The van der Waals surface area contributed by atoms with Crippen molar-refractivity contribution in [2.75, 3.05) is 12.0 Å². The van der Waals surface area contributed by atoms with Crippen LogP contribution in [0.5, 0.6) is 11.5 Å². The van der Waals surface area contributed by atoms with Crippen LogP contribution in [0.1, 0.15) is 32.6 Å². The van der Waals surface area contributed by atoms with Gasteiger partial charge in [0.05, 0.1) is 33.4 Å². The van der Waals surface area contributed by atoms with E-state index < -0.39 is 5.97 Å². The minimum atomic E-state index is -0.981. The van der Waals surface area contributed by atoms with Gasteiger partial charge >= 0.3 is 5.97 Å². The first-order chi connectivity index (χ1) is 20.2. The number of carbonyl (C=O) groups excluding carboxylic acids is 1. The lowest BCUT2D eigenvalue weighted by atomic mass is 10.1. The van der Waals surface area contributed by atoms with Gasteiger partial charge in [-0.3, -0.25) is 9.69 Å². The molecule has 9 heteroatoms. The lowest BCUT2D eigenvalue weighted by Crippen LogP contribution is -2.28. The summed E-state index contributed by atoms with van der Waals surface area (Å²) in [4.78, 5) is 31.8. The van der Waals surface area contributed by atoms with Crippen LogP contribution in [0.2, 0.25) is 0 Å². The first kappa shape index (κ1) is 29.2. The van der Waals surface area contributed by atoms with E-state index in [0.717, 1.165) is 33.6 Å². The fourth-order valence-electron chi connectivity index (χ4n) is 4.21. The summed E-state index contributed by atoms with van der Waals surface area (Å²) in [6, 6.07) is 25.8. The zero-order valence-corrected chi connectivity index (χ0v) is 25.5. The van der Waals surface area contributed by atoms with Crippen molar-refractivity contribution in [3.8, 4) is 11.5 Å². The second-order valence-electron chi connectivity index (χ2n) is 9.64. The van der Waals surface area contributed by atoms with E-state index >= 15 is 0 Å². The molecule has 1 aliphatic heterocycles. The lowest BCUT2D eigenvalue weighted by Gasteiger charge is -2.16. The molecule has 212 valence electrons. The van der Waals surface area contributed by atoms with Crippen LogP contribution in [-0.4, -0.2) is 29.3 Å². The Morgan fingerprint density at radius 1 is 0.976 bits per heavy atom. The van der Waals surface area contributed by atoms with Crippen molar-refractivity contribution in [1.82, 2.24) is 0 Å². The van der Waals surface area contributed by atoms with E-state index in [2.05, 4.69) is 15.9 Å². The van der Waals surface area contributed by atoms with Crippen molar-refractivity contribution in [3.05, 3.63) is 122 Å². The number of amidine groups is 1. The largest absolute Gasteiger partial charge is 0.493 e. The molecule has 0 unspecified atom stereocenters. The average molecular weight is 644 g/mol. The van der Waals surface area contributed by atoms with E-state index in [4.69, 9.17) is 19.6 Å². The number of carbonyl (C=O) groups is 2. The quantitative estimate of drug-likeness (QED) is 0.195. The molecule has 42 heavy (non-hydrogen) atoms. The maximum absolute atomic E-state index is 13.7. The van der Waals surface area contributed by atoms with Gasteiger partial charge in [0, 0.05) is 0 Å². The van der Waals surface area contributed by atoms with E-state index in [1.165, 1.54) is 23.9 Å². The van der Waals surface area contributed by atoms with Crippen molar-refractivity contribution >= 4 is 62.2 Å². The van der Waals surface area contributed by atoms with E-state index in [1.807, 2.05) is 74.5 Å². The Hall–Kier alpha value is -4.34. The van der Waals surface area contributed by atoms with E-state index in [0.29, 0.717) is 26.0 Å². The fraction of sp³-hybridized carbons (Fsp3) is 0.121. The number of anilines is 1. The topological polar surface area (TPSA) is 88.4 Å². The van der Waals surface area contributed by atoms with Gasteiger partial charge in [0.1, 0.15) is 6.61 Å². The van der Waals surface area contributed by atoms with Crippen LogP contribution in [0.4, 0.5) is 11.4 Å². The van der Waals surface area contributed by atoms with Gasteiger partial charge < -0.3 is 14.6 Å². The number of hydrogen-bond acceptors (Lipinski definition) is 6. The highest BCUT2D eigenvalue weighted by Crippen LogP contribution is 2.41. The summed E-state index contributed by atoms with van der Waals surface area (Å²) in [7, 11) is 1.55. The number of nitrogens with zero attached hydrogens (tertiary/aromatic N) is 2. The Kier molecular flexibility index (Phi) is 8.80. The van der Waals surface area contributed by atoms with Crippen LogP contribution < -0.4 is 14.4 Å². The Balaban J connectivity index is 1.44. The summed E-state index contributed by atoms with van der Waals surface area (Å²) >= 11 is 4.90. The predicted octanol–water partition coefficient (Wildman–Crippen LogP) is 8.16. The number of aromatic carboxylic acids is 1. The van der Waals surface area contributed by atoms with Gasteiger partial charge in [-0.2, -0.15) is 0 Å². The highest BCUT2D eigenvalue weighted by Gasteiger charge is 2.35. The monoisotopic (exact) mass is 642 g/mol. The van der Waals surface area contributed by atoms with Gasteiger partial charge in [-0.25, -0.2) is 9.79 Å². The van der Waals surface area contributed by atoms with Gasteiger partial charge in [0.15, 0.2) is 16.7 Å². The van der Waals surface area contributed by atoms with Crippen LogP contribution in [0.3, 0.4) is 0 Å². The Morgan fingerprint density at radius 2 is 1.62 bits per heavy atom. The second kappa shape index (κ2) is 12.7. The van der Waals surface area contributed by atoms with Gasteiger partial charge in [-0.05, 0) is 107 Å². The number of amides is 1. The molecule has 1 N–H and O–H groups in total. The first-order valence-electron chi connectivity index (χ1n) is 13.0. The number of carboxylic acids is 1. The molecule has 1 heterocycles. The molecule has 0 radical (unpaired) electrons. The first-order valence-corrected chi connectivity index (χ1v) is 14.6. The number of methoxy groups -OCH3 is 1. The molecule has 0 aliphatic carbocycles. The van der Waals surface area contributed by atoms with Gasteiger partial charge in [0.25, 0.3) is 5.91 Å². The Labute approximate surface area is 256 Å². The molecule has 5 rings (SSSR count). The summed E-state index contributed by atoms with van der Waals surface area (Å²) in [5, 5.41) is 9.68. The summed E-state index contributed by atoms with van der Waals surface area (Å²) in [6.45, 7) is 4.24. The van der Waals surface area contributed by atoms with E-state index in [-0.39, 0.29) is 18.1 Å². The molecule has 1 amide bonds. The molecular weight excluding hydrogens is 616 g/mol. The molecule has 0 bridgehead atoms. The molecule has 4 aromatic carbocycles. The van der Waals surface area contributed by atoms with E-state index in [1.54, 1.807) is 30.2 Å². The number of thioether (sulfide) groups is 1. The number of carboxylic acid groups (broad SMARTS) is 1. The van der Waals surface area contributed by atoms with Crippen LogP contribution in [-0.2, 0) is 11.4 Å². The molecule has 0 spiro atoms. The molecule has 1 fully saturated rings. The van der Waals surface area contributed by atoms with Crippen LogP contribution in [0.15, 0.2) is 99.3 Å². The summed E-state index contributed by atoms with van der Waals surface area (Å²) in [5.41, 5.74) is 5.50. The number of aliphatic imine (C=N–C) groups is 1. The minimum absolute atomic E-state index is 0.171. The van der Waals surface area contributed by atoms with Crippen molar-refractivity contribution in [3.63, 3.8) is 0 Å². The standard InChI is InChI=1S/C33H27BrN2O5S/c1-20-4-12-25(13-5-20)35-33-36(26-14-6-21(2)7-15-26)31(37)29(42-33)18-23-16-27(34)30(28(17-23)40-3)41-19-22-8-10-24(11-9-22)32(38)39/h4-18H,19H2,1-3H3,(H,38,39)/b29-18-,35-33?. The minimum Gasteiger partial charge on any atom is -0.493 e. The third kappa shape index (κ3) is 6.58. The number of halogens is 1. The average Bonchev–Trinajstić information content (AvgIpc) is 3.27. The SMILES string of the molecule is COc1cc(/C=C2\SC(=Nc3ccc(C)cc3)N(c3ccc(C)cc3)C2=O)cc(Br)c1OCc1ccc(C(=O)O)cc1. The number of aryl methyl sites for hydroxylation is 2. The van der Waals surface area contributed by atoms with E-state index in [9.17, 15) is 9.59 Å².